The van der Waals surface area contributed by atoms with Gasteiger partial charge in [-0.15, -0.1) is 0 Å². The first-order valence-electron chi connectivity index (χ1n) is 4.11. The van der Waals surface area contributed by atoms with Crippen molar-refractivity contribution in [1.29, 1.82) is 0 Å². The molecular formula is C10H14O. The van der Waals surface area contributed by atoms with E-state index >= 15 is 0 Å². The third-order valence-electron chi connectivity index (χ3n) is 2.23. The lowest BCUT2D eigenvalue weighted by atomic mass is 10.1. The summed E-state index contributed by atoms with van der Waals surface area (Å²) in [6.07, 6.45) is 10.3. The van der Waals surface area contributed by atoms with Crippen LogP contribution >= 0.6 is 0 Å². The summed E-state index contributed by atoms with van der Waals surface area (Å²) in [5, 5.41) is 0. The Bertz CT molecular complexity index is 170. The Hall–Kier alpha value is -0.850. The molecule has 1 fully saturated rings. The smallest absolute Gasteiger partial charge is 0.123 e. The first kappa shape index (κ1) is 8.25. The summed E-state index contributed by atoms with van der Waals surface area (Å²) in [7, 11) is 0. The highest BCUT2D eigenvalue weighted by Gasteiger charge is 2.21. The Morgan fingerprint density at radius 3 is 2.55 bits per heavy atom. The predicted octanol–water partition coefficient (Wildman–Crippen LogP) is 2.34. The number of hydrogen-bond donors (Lipinski definition) is 0. The summed E-state index contributed by atoms with van der Waals surface area (Å²) in [5.74, 6) is 0.928. The van der Waals surface area contributed by atoms with Crippen LogP contribution in [-0.2, 0) is 4.79 Å². The van der Waals surface area contributed by atoms with Gasteiger partial charge in [-0.25, -0.2) is 0 Å². The van der Waals surface area contributed by atoms with E-state index in [0.29, 0.717) is 11.8 Å². The fourth-order valence-corrected chi connectivity index (χ4v) is 1.59. The number of hydrogen-bond acceptors (Lipinski definition) is 1. The minimum absolute atomic E-state index is 0.314. The summed E-state index contributed by atoms with van der Waals surface area (Å²) in [6, 6.07) is 0. The lowest BCUT2D eigenvalue weighted by Crippen LogP contribution is -1.94. The van der Waals surface area contributed by atoms with Gasteiger partial charge in [0, 0.05) is 5.92 Å². The van der Waals surface area contributed by atoms with Gasteiger partial charge in [-0.05, 0) is 25.2 Å². The molecule has 2 atom stereocenters. The van der Waals surface area contributed by atoms with Gasteiger partial charge in [-0.2, -0.15) is 0 Å². The molecular weight excluding hydrogens is 136 g/mol. The second kappa shape index (κ2) is 4.12. The minimum Gasteiger partial charge on any atom is -0.303 e. The molecule has 0 unspecified atom stereocenters. The molecule has 0 amide bonds. The average Bonchev–Trinajstić information content (AvgIpc) is 2.48. The monoisotopic (exact) mass is 150 g/mol. The van der Waals surface area contributed by atoms with Crippen LogP contribution in [0.2, 0.25) is 0 Å². The van der Waals surface area contributed by atoms with Gasteiger partial charge in [0.25, 0.3) is 0 Å². The third-order valence-corrected chi connectivity index (χ3v) is 2.23. The van der Waals surface area contributed by atoms with Gasteiger partial charge < -0.3 is 4.79 Å². The molecule has 1 aliphatic rings. The molecule has 0 saturated heterocycles. The fraction of sp³-hybridized carbons (Fsp3) is 0.500. The van der Waals surface area contributed by atoms with Crippen LogP contribution in [0.15, 0.2) is 24.8 Å². The van der Waals surface area contributed by atoms with E-state index in [1.807, 2.05) is 6.08 Å². The fourth-order valence-electron chi connectivity index (χ4n) is 1.59. The molecule has 11 heavy (non-hydrogen) atoms. The predicted molar refractivity (Wildman–Crippen MR) is 46.2 cm³/mol. The first-order chi connectivity index (χ1) is 5.36. The highest BCUT2D eigenvalue weighted by molar-refractivity contribution is 5.54. The van der Waals surface area contributed by atoms with Crippen LogP contribution in [0.5, 0.6) is 0 Å². The van der Waals surface area contributed by atoms with Crippen molar-refractivity contribution in [3.8, 4) is 0 Å². The van der Waals surface area contributed by atoms with E-state index in [1.54, 1.807) is 6.08 Å². The van der Waals surface area contributed by atoms with Crippen molar-refractivity contribution in [2.45, 2.75) is 19.3 Å². The van der Waals surface area contributed by atoms with Crippen molar-refractivity contribution in [3.63, 3.8) is 0 Å². The Kier molecular flexibility index (Phi) is 3.09. The van der Waals surface area contributed by atoms with Crippen molar-refractivity contribution >= 4 is 6.29 Å². The summed E-state index contributed by atoms with van der Waals surface area (Å²) in [6.45, 7) is 3.60. The molecule has 1 saturated carbocycles. The summed E-state index contributed by atoms with van der Waals surface area (Å²) in [4.78, 5) is 10.4. The van der Waals surface area contributed by atoms with E-state index in [1.165, 1.54) is 0 Å². The molecule has 0 aromatic carbocycles. The molecule has 1 nitrogen and oxygen atoms in total. The minimum atomic E-state index is 0.314. The Morgan fingerprint density at radius 2 is 2.00 bits per heavy atom. The van der Waals surface area contributed by atoms with Crippen LogP contribution in [0.3, 0.4) is 0 Å². The Balaban J connectivity index is 2.35. The van der Waals surface area contributed by atoms with Crippen LogP contribution in [0.1, 0.15) is 19.3 Å². The molecule has 0 aliphatic heterocycles. The molecule has 1 rings (SSSR count). The van der Waals surface area contributed by atoms with Gasteiger partial charge in [0.1, 0.15) is 6.29 Å². The Labute approximate surface area is 67.8 Å². The second-order valence-electron chi connectivity index (χ2n) is 3.09. The standard InChI is InChI=1S/C10H14O/c1-2-3-4-9-5-6-10(7-9)8-11/h2-4,8-10H,1,5-7H2/b4-3+/t9-,10+/m1/s1. The number of carbonyl (C=O) groups excluding carboxylic acids is 1. The van der Waals surface area contributed by atoms with Gasteiger partial charge in [-0.3, -0.25) is 0 Å². The molecule has 1 heteroatoms. The van der Waals surface area contributed by atoms with Crippen molar-refractivity contribution in [3.05, 3.63) is 24.8 Å². The van der Waals surface area contributed by atoms with Gasteiger partial charge in [0.05, 0.1) is 0 Å². The van der Waals surface area contributed by atoms with E-state index in [-0.39, 0.29) is 0 Å². The van der Waals surface area contributed by atoms with E-state index in [2.05, 4.69) is 12.7 Å². The molecule has 0 spiro atoms. The van der Waals surface area contributed by atoms with E-state index in [4.69, 9.17) is 0 Å². The maximum absolute atomic E-state index is 10.4. The lowest BCUT2D eigenvalue weighted by Gasteiger charge is -1.99. The van der Waals surface area contributed by atoms with Crippen LogP contribution in [0.4, 0.5) is 0 Å². The van der Waals surface area contributed by atoms with Crippen LogP contribution in [0, 0.1) is 11.8 Å². The van der Waals surface area contributed by atoms with Crippen molar-refractivity contribution < 1.29 is 4.79 Å². The van der Waals surface area contributed by atoms with E-state index in [9.17, 15) is 4.79 Å². The average molecular weight is 150 g/mol. The maximum atomic E-state index is 10.4. The highest BCUT2D eigenvalue weighted by Crippen LogP contribution is 2.30. The molecule has 0 heterocycles. The van der Waals surface area contributed by atoms with Gasteiger partial charge in [0.2, 0.25) is 0 Å². The molecule has 0 aromatic heterocycles. The largest absolute Gasteiger partial charge is 0.303 e. The quantitative estimate of drug-likeness (QED) is 0.446. The van der Waals surface area contributed by atoms with E-state index in [0.717, 1.165) is 25.5 Å². The van der Waals surface area contributed by atoms with Gasteiger partial charge in [-0.1, -0.05) is 24.8 Å². The number of aldehydes is 1. The van der Waals surface area contributed by atoms with Gasteiger partial charge >= 0.3 is 0 Å². The summed E-state index contributed by atoms with van der Waals surface area (Å²) in [5.41, 5.74) is 0. The van der Waals surface area contributed by atoms with Crippen LogP contribution in [0.25, 0.3) is 0 Å². The lowest BCUT2D eigenvalue weighted by molar-refractivity contribution is -0.110. The maximum Gasteiger partial charge on any atom is 0.123 e. The number of allylic oxidation sites excluding steroid dienone is 3. The normalized spacial score (nSPS) is 30.9. The molecule has 0 aromatic rings. The topological polar surface area (TPSA) is 17.1 Å². The zero-order chi connectivity index (χ0) is 8.10. The Morgan fingerprint density at radius 1 is 1.27 bits per heavy atom. The number of rotatable bonds is 3. The SMILES string of the molecule is C=C/C=C/[C@@H]1CC[C@H](C=O)C1. The molecule has 0 radical (unpaired) electrons. The van der Waals surface area contributed by atoms with Crippen molar-refractivity contribution in [1.82, 2.24) is 0 Å². The van der Waals surface area contributed by atoms with Crippen molar-refractivity contribution in [2.75, 3.05) is 0 Å². The third kappa shape index (κ3) is 2.34. The van der Waals surface area contributed by atoms with Crippen LogP contribution < -0.4 is 0 Å². The first-order valence-corrected chi connectivity index (χ1v) is 4.11. The summed E-state index contributed by atoms with van der Waals surface area (Å²) >= 11 is 0. The molecule has 0 bridgehead atoms. The number of carbonyl (C=O) groups is 1. The van der Waals surface area contributed by atoms with E-state index < -0.39 is 0 Å². The van der Waals surface area contributed by atoms with Crippen LogP contribution in [-0.4, -0.2) is 6.29 Å². The van der Waals surface area contributed by atoms with Crippen molar-refractivity contribution in [2.24, 2.45) is 11.8 Å². The zero-order valence-electron chi connectivity index (χ0n) is 6.70. The molecule has 60 valence electrons. The molecule has 1 aliphatic carbocycles. The summed E-state index contributed by atoms with van der Waals surface area (Å²) < 4.78 is 0. The second-order valence-corrected chi connectivity index (χ2v) is 3.09. The van der Waals surface area contributed by atoms with Gasteiger partial charge in [0.15, 0.2) is 0 Å². The molecule has 0 N–H and O–H groups in total. The highest BCUT2D eigenvalue weighted by atomic mass is 16.1. The zero-order valence-corrected chi connectivity index (χ0v) is 6.70.